The first-order chi connectivity index (χ1) is 11.5. The smallest absolute Gasteiger partial charge is 0.254 e. The molecule has 0 saturated carbocycles. The normalized spacial score (nSPS) is 11.2. The van der Waals surface area contributed by atoms with E-state index in [1.165, 1.54) is 13.0 Å². The van der Waals surface area contributed by atoms with E-state index in [9.17, 15) is 9.59 Å². The molecule has 0 aliphatic carbocycles. The molecule has 0 heterocycles. The lowest BCUT2D eigenvalue weighted by Crippen LogP contribution is -2.29. The summed E-state index contributed by atoms with van der Waals surface area (Å²) in [7, 11) is 0. The Balaban J connectivity index is 2.06. The van der Waals surface area contributed by atoms with Crippen molar-refractivity contribution in [3.8, 4) is 0 Å². The van der Waals surface area contributed by atoms with E-state index in [0.717, 1.165) is 5.56 Å². The van der Waals surface area contributed by atoms with Crippen molar-refractivity contribution in [2.24, 2.45) is 0 Å². The molecule has 3 nitrogen and oxygen atoms in total. The maximum Gasteiger partial charge on any atom is 0.254 e. The van der Waals surface area contributed by atoms with Gasteiger partial charge in [-0.15, -0.1) is 0 Å². The third kappa shape index (κ3) is 5.22. The van der Waals surface area contributed by atoms with Gasteiger partial charge in [-0.2, -0.15) is 0 Å². The fourth-order valence-corrected chi connectivity index (χ4v) is 2.46. The van der Waals surface area contributed by atoms with E-state index in [1.54, 1.807) is 18.2 Å². The largest absolute Gasteiger partial charge is 0.352 e. The summed E-state index contributed by atoms with van der Waals surface area (Å²) in [4.78, 5) is 24.1. The molecule has 1 amide bonds. The fraction of sp³-hybridized carbons (Fsp3) is 0.158. The Morgan fingerprint density at radius 1 is 1.04 bits per heavy atom. The summed E-state index contributed by atoms with van der Waals surface area (Å²) in [6.07, 6.45) is 2.22. The molecule has 24 heavy (non-hydrogen) atoms. The quantitative estimate of drug-likeness (QED) is 0.473. The third-order valence-corrected chi connectivity index (χ3v) is 4.16. The van der Waals surface area contributed by atoms with Crippen LogP contribution >= 0.6 is 23.2 Å². The van der Waals surface area contributed by atoms with Crippen LogP contribution in [0.3, 0.4) is 0 Å². The first-order valence-electron chi connectivity index (χ1n) is 7.47. The number of rotatable bonds is 6. The first kappa shape index (κ1) is 18.2. The SMILES string of the molecule is CC(=O)C(=Cc1ccc(Cl)c(Cl)c1)C(=O)NCCc1ccccc1. The highest BCUT2D eigenvalue weighted by molar-refractivity contribution is 6.42. The number of ketones is 1. The Labute approximate surface area is 151 Å². The van der Waals surface area contributed by atoms with Gasteiger partial charge in [0.1, 0.15) is 0 Å². The molecule has 124 valence electrons. The van der Waals surface area contributed by atoms with Gasteiger partial charge in [0.25, 0.3) is 5.91 Å². The molecule has 0 radical (unpaired) electrons. The Morgan fingerprint density at radius 2 is 1.75 bits per heavy atom. The minimum absolute atomic E-state index is 0.0847. The van der Waals surface area contributed by atoms with E-state index < -0.39 is 5.91 Å². The maximum absolute atomic E-state index is 12.3. The van der Waals surface area contributed by atoms with Gasteiger partial charge in [0.15, 0.2) is 5.78 Å². The first-order valence-corrected chi connectivity index (χ1v) is 8.23. The molecule has 0 aliphatic heterocycles. The molecule has 1 N–H and O–H groups in total. The second-order valence-electron chi connectivity index (χ2n) is 5.28. The van der Waals surface area contributed by atoms with Crippen molar-refractivity contribution in [3.05, 3.63) is 75.3 Å². The summed E-state index contributed by atoms with van der Waals surface area (Å²) < 4.78 is 0. The third-order valence-electron chi connectivity index (χ3n) is 3.42. The monoisotopic (exact) mass is 361 g/mol. The van der Waals surface area contributed by atoms with Gasteiger partial charge in [-0.1, -0.05) is 59.6 Å². The van der Waals surface area contributed by atoms with Crippen LogP contribution in [-0.4, -0.2) is 18.2 Å². The van der Waals surface area contributed by atoms with E-state index in [2.05, 4.69) is 5.32 Å². The van der Waals surface area contributed by atoms with E-state index in [-0.39, 0.29) is 11.4 Å². The van der Waals surface area contributed by atoms with Gasteiger partial charge >= 0.3 is 0 Å². The van der Waals surface area contributed by atoms with Crippen molar-refractivity contribution in [2.45, 2.75) is 13.3 Å². The van der Waals surface area contributed by atoms with Crippen LogP contribution in [0.1, 0.15) is 18.1 Å². The number of benzene rings is 2. The lowest BCUT2D eigenvalue weighted by molar-refractivity contribution is -0.121. The van der Waals surface area contributed by atoms with Gasteiger partial charge in [0, 0.05) is 6.54 Å². The van der Waals surface area contributed by atoms with Crippen LogP contribution < -0.4 is 5.32 Å². The zero-order chi connectivity index (χ0) is 17.5. The van der Waals surface area contributed by atoms with Gasteiger partial charge < -0.3 is 5.32 Å². The second kappa shape index (κ2) is 8.67. The standard InChI is InChI=1S/C19H17Cl2NO2/c1-13(23)16(11-15-7-8-17(20)18(21)12-15)19(24)22-10-9-14-5-3-2-4-6-14/h2-8,11-12H,9-10H2,1H3,(H,22,24). The zero-order valence-corrected chi connectivity index (χ0v) is 14.7. The zero-order valence-electron chi connectivity index (χ0n) is 13.2. The van der Waals surface area contributed by atoms with Crippen LogP contribution in [0.25, 0.3) is 6.08 Å². The highest BCUT2D eigenvalue weighted by Gasteiger charge is 2.14. The molecule has 0 saturated heterocycles. The maximum atomic E-state index is 12.3. The lowest BCUT2D eigenvalue weighted by Gasteiger charge is -2.07. The molecular formula is C19H17Cl2NO2. The second-order valence-corrected chi connectivity index (χ2v) is 6.09. The topological polar surface area (TPSA) is 46.2 Å². The molecule has 0 unspecified atom stereocenters. The van der Waals surface area contributed by atoms with Crippen LogP contribution in [0.5, 0.6) is 0 Å². The molecule has 0 atom stereocenters. The van der Waals surface area contributed by atoms with Crippen molar-refractivity contribution in [3.63, 3.8) is 0 Å². The fourth-order valence-electron chi connectivity index (χ4n) is 2.16. The van der Waals surface area contributed by atoms with Gasteiger partial charge in [-0.25, -0.2) is 0 Å². The van der Waals surface area contributed by atoms with Crippen molar-refractivity contribution < 1.29 is 9.59 Å². The van der Waals surface area contributed by atoms with Crippen molar-refractivity contribution in [1.82, 2.24) is 5.32 Å². The number of hydrogen-bond donors (Lipinski definition) is 1. The number of carbonyl (C=O) groups is 2. The van der Waals surface area contributed by atoms with E-state index >= 15 is 0 Å². The van der Waals surface area contributed by atoms with Crippen LogP contribution in [-0.2, 0) is 16.0 Å². The molecule has 0 fully saturated rings. The predicted molar refractivity (Wildman–Crippen MR) is 98.3 cm³/mol. The highest BCUT2D eigenvalue weighted by Crippen LogP contribution is 2.23. The summed E-state index contributed by atoms with van der Waals surface area (Å²) >= 11 is 11.8. The molecule has 0 aromatic heterocycles. The molecule has 0 aliphatic rings. The summed E-state index contributed by atoms with van der Waals surface area (Å²) in [5, 5.41) is 3.57. The minimum Gasteiger partial charge on any atom is -0.352 e. The summed E-state index contributed by atoms with van der Waals surface area (Å²) in [6, 6.07) is 14.8. The highest BCUT2D eigenvalue weighted by atomic mass is 35.5. The van der Waals surface area contributed by atoms with Crippen molar-refractivity contribution >= 4 is 41.0 Å². The van der Waals surface area contributed by atoms with Crippen LogP contribution in [0.4, 0.5) is 0 Å². The lowest BCUT2D eigenvalue weighted by atomic mass is 10.1. The van der Waals surface area contributed by atoms with E-state index in [1.807, 2.05) is 30.3 Å². The van der Waals surface area contributed by atoms with Crippen molar-refractivity contribution in [2.75, 3.05) is 6.54 Å². The van der Waals surface area contributed by atoms with Gasteiger partial charge in [-0.3, -0.25) is 9.59 Å². The van der Waals surface area contributed by atoms with Gasteiger partial charge in [0.2, 0.25) is 0 Å². The Bertz CT molecular complexity index is 770. The molecule has 5 heteroatoms. The Hall–Kier alpha value is -2.10. The van der Waals surface area contributed by atoms with Crippen LogP contribution in [0.2, 0.25) is 10.0 Å². The summed E-state index contributed by atoms with van der Waals surface area (Å²) in [5.74, 6) is -0.706. The van der Waals surface area contributed by atoms with E-state index in [4.69, 9.17) is 23.2 Å². The van der Waals surface area contributed by atoms with Gasteiger partial charge in [-0.05, 0) is 42.7 Å². The average molecular weight is 362 g/mol. The molecule has 0 bridgehead atoms. The molecule has 0 spiro atoms. The van der Waals surface area contributed by atoms with Crippen LogP contribution in [0.15, 0.2) is 54.1 Å². The summed E-state index contributed by atoms with van der Waals surface area (Å²) in [5.41, 5.74) is 1.85. The van der Waals surface area contributed by atoms with Crippen molar-refractivity contribution in [1.29, 1.82) is 0 Å². The number of amides is 1. The minimum atomic E-state index is -0.399. The van der Waals surface area contributed by atoms with Crippen LogP contribution in [0, 0.1) is 0 Å². The number of carbonyl (C=O) groups excluding carboxylic acids is 2. The number of hydrogen-bond acceptors (Lipinski definition) is 2. The molecule has 2 aromatic carbocycles. The number of Topliss-reactive ketones (excluding diaryl/α,β-unsaturated/α-hetero) is 1. The molecule has 2 aromatic rings. The Kier molecular flexibility index (Phi) is 6.59. The van der Waals surface area contributed by atoms with E-state index in [0.29, 0.717) is 28.6 Å². The number of nitrogens with one attached hydrogen (secondary N) is 1. The Morgan fingerprint density at radius 3 is 2.38 bits per heavy atom. The predicted octanol–water partition coefficient (Wildman–Crippen LogP) is 4.32. The number of halogens is 2. The molecule has 2 rings (SSSR count). The summed E-state index contributed by atoms with van der Waals surface area (Å²) in [6.45, 7) is 1.81. The average Bonchev–Trinajstić information content (AvgIpc) is 2.56. The molecular weight excluding hydrogens is 345 g/mol. The van der Waals surface area contributed by atoms with Gasteiger partial charge in [0.05, 0.1) is 15.6 Å².